The van der Waals surface area contributed by atoms with Gasteiger partial charge in [0.15, 0.2) is 0 Å². The number of carbonyl (C=O) groups excluding carboxylic acids is 2. The minimum absolute atomic E-state index is 0.0621. The summed E-state index contributed by atoms with van der Waals surface area (Å²) in [4.78, 5) is 29.4. The van der Waals surface area contributed by atoms with Crippen LogP contribution in [0, 0.1) is 5.41 Å². The lowest BCUT2D eigenvalue weighted by atomic mass is 9.78. The van der Waals surface area contributed by atoms with E-state index >= 15 is 0 Å². The average molecular weight is 346 g/mol. The normalized spacial score (nSPS) is 24.6. The highest BCUT2D eigenvalue weighted by atomic mass is 32.1. The van der Waals surface area contributed by atoms with Crippen molar-refractivity contribution in [2.75, 3.05) is 24.5 Å². The lowest BCUT2D eigenvalue weighted by molar-refractivity contribution is -0.127. The Kier molecular flexibility index (Phi) is 3.73. The fourth-order valence-electron chi connectivity index (χ4n) is 3.73. The van der Waals surface area contributed by atoms with Crippen LogP contribution in [-0.4, -0.2) is 36.3 Å². The lowest BCUT2D eigenvalue weighted by Gasteiger charge is -2.38. The molecule has 2 aliphatic rings. The summed E-state index contributed by atoms with van der Waals surface area (Å²) in [5, 5.41) is 7.83. The molecule has 0 aromatic carbocycles. The third kappa shape index (κ3) is 2.50. The third-order valence-electron chi connectivity index (χ3n) is 4.96. The van der Waals surface area contributed by atoms with E-state index in [1.54, 1.807) is 11.3 Å². The summed E-state index contributed by atoms with van der Waals surface area (Å²) < 4.78 is 0. The van der Waals surface area contributed by atoms with E-state index in [1.807, 2.05) is 43.5 Å². The zero-order valence-electron chi connectivity index (χ0n) is 12.7. The molecule has 0 radical (unpaired) electrons. The van der Waals surface area contributed by atoms with Gasteiger partial charge in [-0.25, -0.2) is 0 Å². The summed E-state index contributed by atoms with van der Waals surface area (Å²) in [5.41, 5.74) is 1.36. The maximum absolute atomic E-state index is 13.0. The maximum atomic E-state index is 13.0. The van der Waals surface area contributed by atoms with Gasteiger partial charge in [0.2, 0.25) is 5.91 Å². The molecular formula is C17H18N2O2S2. The summed E-state index contributed by atoms with van der Waals surface area (Å²) >= 11 is 3.14. The van der Waals surface area contributed by atoms with Crippen molar-refractivity contribution < 1.29 is 9.59 Å². The number of likely N-dealkylation sites (tertiary alicyclic amines) is 1. The van der Waals surface area contributed by atoms with Crippen LogP contribution < -0.4 is 4.90 Å². The molecule has 2 fully saturated rings. The topological polar surface area (TPSA) is 40.6 Å². The van der Waals surface area contributed by atoms with Gasteiger partial charge < -0.3 is 9.80 Å². The van der Waals surface area contributed by atoms with Crippen LogP contribution in [0.25, 0.3) is 0 Å². The van der Waals surface area contributed by atoms with Crippen LogP contribution in [0.15, 0.2) is 33.7 Å². The molecule has 0 N–H and O–H groups in total. The summed E-state index contributed by atoms with van der Waals surface area (Å²) in [6, 6.07) is 3.86. The molecule has 2 aliphatic heterocycles. The van der Waals surface area contributed by atoms with E-state index in [1.165, 1.54) is 11.3 Å². The monoisotopic (exact) mass is 346 g/mol. The number of thiophene rings is 2. The molecule has 2 amide bonds. The first kappa shape index (κ1) is 14.9. The number of hydrogen-bond acceptors (Lipinski definition) is 4. The highest BCUT2D eigenvalue weighted by molar-refractivity contribution is 7.08. The molecule has 4 nitrogen and oxygen atoms in total. The highest BCUT2D eigenvalue weighted by Crippen LogP contribution is 2.42. The van der Waals surface area contributed by atoms with E-state index in [-0.39, 0.29) is 17.2 Å². The second-order valence-electron chi connectivity index (χ2n) is 6.31. The maximum Gasteiger partial charge on any atom is 0.254 e. The predicted molar refractivity (Wildman–Crippen MR) is 93.2 cm³/mol. The SMILES string of the molecule is O=C(c1ccsc1)N1CCC[C@@]2(CCN(c3ccsc3)C2=O)C1. The molecule has 1 atom stereocenters. The van der Waals surface area contributed by atoms with Gasteiger partial charge in [-0.2, -0.15) is 22.7 Å². The number of piperidine rings is 1. The molecule has 6 heteroatoms. The van der Waals surface area contributed by atoms with Gasteiger partial charge in [0.25, 0.3) is 5.91 Å². The van der Waals surface area contributed by atoms with E-state index in [0.29, 0.717) is 6.54 Å². The molecule has 4 heterocycles. The van der Waals surface area contributed by atoms with E-state index in [4.69, 9.17) is 0 Å². The Morgan fingerprint density at radius 3 is 2.65 bits per heavy atom. The Balaban J connectivity index is 1.55. The van der Waals surface area contributed by atoms with Gasteiger partial charge in [0, 0.05) is 30.4 Å². The molecule has 23 heavy (non-hydrogen) atoms. The number of amides is 2. The lowest BCUT2D eigenvalue weighted by Crippen LogP contribution is -2.49. The Morgan fingerprint density at radius 1 is 1.09 bits per heavy atom. The average Bonchev–Trinajstić information content (AvgIpc) is 3.31. The zero-order chi connectivity index (χ0) is 15.9. The molecule has 0 saturated carbocycles. The van der Waals surface area contributed by atoms with E-state index in [2.05, 4.69) is 0 Å². The molecule has 2 aromatic heterocycles. The number of hydrogen-bond donors (Lipinski definition) is 0. The molecule has 0 unspecified atom stereocenters. The van der Waals surface area contributed by atoms with Crippen LogP contribution >= 0.6 is 22.7 Å². The van der Waals surface area contributed by atoms with Crippen molar-refractivity contribution in [1.29, 1.82) is 0 Å². The van der Waals surface area contributed by atoms with Crippen LogP contribution in [0.3, 0.4) is 0 Å². The first-order valence-electron chi connectivity index (χ1n) is 7.85. The summed E-state index contributed by atoms with van der Waals surface area (Å²) in [6.07, 6.45) is 2.63. The second-order valence-corrected chi connectivity index (χ2v) is 7.87. The van der Waals surface area contributed by atoms with E-state index in [9.17, 15) is 9.59 Å². The van der Waals surface area contributed by atoms with Crippen molar-refractivity contribution in [3.05, 3.63) is 39.2 Å². The van der Waals surface area contributed by atoms with Crippen LogP contribution in [-0.2, 0) is 4.79 Å². The molecule has 4 rings (SSSR count). The minimum Gasteiger partial charge on any atom is -0.338 e. The van der Waals surface area contributed by atoms with Crippen molar-refractivity contribution in [2.45, 2.75) is 19.3 Å². The molecule has 0 aliphatic carbocycles. The number of nitrogens with zero attached hydrogens (tertiary/aromatic N) is 2. The van der Waals surface area contributed by atoms with Gasteiger partial charge in [-0.1, -0.05) is 0 Å². The van der Waals surface area contributed by atoms with Gasteiger partial charge in [0.1, 0.15) is 0 Å². The van der Waals surface area contributed by atoms with Crippen molar-refractivity contribution in [1.82, 2.24) is 4.90 Å². The molecule has 1 spiro atoms. The van der Waals surface area contributed by atoms with Crippen molar-refractivity contribution in [3.8, 4) is 0 Å². The number of carbonyl (C=O) groups is 2. The molecule has 0 bridgehead atoms. The minimum atomic E-state index is -0.383. The van der Waals surface area contributed by atoms with Gasteiger partial charge >= 0.3 is 0 Å². The van der Waals surface area contributed by atoms with E-state index in [0.717, 1.165) is 43.6 Å². The molecular weight excluding hydrogens is 328 g/mol. The van der Waals surface area contributed by atoms with Crippen molar-refractivity contribution in [2.24, 2.45) is 5.41 Å². The summed E-state index contributed by atoms with van der Waals surface area (Å²) in [7, 11) is 0. The predicted octanol–water partition coefficient (Wildman–Crippen LogP) is 3.47. The smallest absolute Gasteiger partial charge is 0.254 e. The molecule has 2 saturated heterocycles. The van der Waals surface area contributed by atoms with Gasteiger partial charge in [-0.05, 0) is 42.2 Å². The number of rotatable bonds is 2. The fourth-order valence-corrected chi connectivity index (χ4v) is 5.00. The zero-order valence-corrected chi connectivity index (χ0v) is 14.4. The third-order valence-corrected chi connectivity index (χ3v) is 6.32. The Labute approximate surface area is 143 Å². The van der Waals surface area contributed by atoms with Gasteiger partial charge in [-0.3, -0.25) is 9.59 Å². The standard InChI is InChI=1S/C17H18N2O2S2/c20-15(13-2-8-22-10-13)18-6-1-4-17(12-18)5-7-19(16(17)21)14-3-9-23-11-14/h2-3,8-11H,1,4-7,12H2/t17-/m1/s1. The molecule has 2 aromatic rings. The number of anilines is 1. The van der Waals surface area contributed by atoms with Crippen LogP contribution in [0.1, 0.15) is 29.6 Å². The van der Waals surface area contributed by atoms with E-state index < -0.39 is 0 Å². The highest BCUT2D eigenvalue weighted by Gasteiger charge is 2.50. The Hall–Kier alpha value is -1.66. The second kappa shape index (κ2) is 5.76. The Bertz CT molecular complexity index is 711. The van der Waals surface area contributed by atoms with Crippen LogP contribution in [0.4, 0.5) is 5.69 Å². The van der Waals surface area contributed by atoms with Gasteiger partial charge in [0.05, 0.1) is 16.7 Å². The van der Waals surface area contributed by atoms with Gasteiger partial charge in [-0.15, -0.1) is 0 Å². The quantitative estimate of drug-likeness (QED) is 0.835. The van der Waals surface area contributed by atoms with Crippen LogP contribution in [0.2, 0.25) is 0 Å². The van der Waals surface area contributed by atoms with Crippen molar-refractivity contribution >= 4 is 40.2 Å². The van der Waals surface area contributed by atoms with Crippen LogP contribution in [0.5, 0.6) is 0 Å². The molecule has 120 valence electrons. The summed E-state index contributed by atoms with van der Waals surface area (Å²) in [6.45, 7) is 2.07. The first-order valence-corrected chi connectivity index (χ1v) is 9.74. The largest absolute Gasteiger partial charge is 0.338 e. The Morgan fingerprint density at radius 2 is 1.91 bits per heavy atom. The summed E-state index contributed by atoms with van der Waals surface area (Å²) in [5.74, 6) is 0.255. The van der Waals surface area contributed by atoms with Crippen molar-refractivity contribution in [3.63, 3.8) is 0 Å². The first-order chi connectivity index (χ1) is 11.2. The fraction of sp³-hybridized carbons (Fsp3) is 0.412.